The first-order valence-corrected chi connectivity index (χ1v) is 10.1. The molecule has 2 amide bonds. The largest absolute Gasteiger partial charge is 0.348 e. The first kappa shape index (κ1) is 18.7. The van der Waals surface area contributed by atoms with Crippen LogP contribution in [0.15, 0.2) is 24.9 Å². The topological polar surface area (TPSA) is 87.1 Å². The number of amides is 2. The van der Waals surface area contributed by atoms with E-state index < -0.39 is 0 Å². The first-order chi connectivity index (χ1) is 13.6. The molecule has 2 saturated heterocycles. The monoisotopic (exact) mass is 384 g/mol. The SMILES string of the molecule is Cn1cc(CCC(=O)N2CC[C@@H]3[C@@H](CCC(=O)N3CCc3cnc[nH]3)C2)cn1. The van der Waals surface area contributed by atoms with Crippen LogP contribution in [0.2, 0.25) is 0 Å². The summed E-state index contributed by atoms with van der Waals surface area (Å²) in [5.41, 5.74) is 2.15. The average Bonchev–Trinajstić information content (AvgIpc) is 3.36. The van der Waals surface area contributed by atoms with Crippen molar-refractivity contribution in [1.29, 1.82) is 0 Å². The van der Waals surface area contributed by atoms with Crippen molar-refractivity contribution in [2.75, 3.05) is 19.6 Å². The molecule has 0 saturated carbocycles. The maximum atomic E-state index is 12.7. The number of nitrogens with zero attached hydrogens (tertiary/aromatic N) is 5. The van der Waals surface area contributed by atoms with Crippen molar-refractivity contribution in [1.82, 2.24) is 29.5 Å². The van der Waals surface area contributed by atoms with E-state index >= 15 is 0 Å². The Kier molecular flexibility index (Phi) is 5.45. The molecular weight excluding hydrogens is 356 g/mol. The van der Waals surface area contributed by atoms with Crippen molar-refractivity contribution >= 4 is 11.8 Å². The van der Waals surface area contributed by atoms with Crippen LogP contribution in [-0.2, 0) is 29.5 Å². The minimum atomic E-state index is 0.211. The molecule has 0 aliphatic carbocycles. The Bertz CT molecular complexity index is 815. The third-order valence-electron chi connectivity index (χ3n) is 6.06. The van der Waals surface area contributed by atoms with Gasteiger partial charge in [-0.1, -0.05) is 0 Å². The van der Waals surface area contributed by atoms with Gasteiger partial charge in [-0.05, 0) is 30.7 Å². The van der Waals surface area contributed by atoms with Gasteiger partial charge in [0.05, 0.1) is 12.5 Å². The maximum Gasteiger partial charge on any atom is 0.222 e. The van der Waals surface area contributed by atoms with Crippen LogP contribution in [0.25, 0.3) is 0 Å². The smallest absolute Gasteiger partial charge is 0.222 e. The van der Waals surface area contributed by atoms with Gasteiger partial charge in [0, 0.05) is 70.1 Å². The second kappa shape index (κ2) is 8.16. The maximum absolute atomic E-state index is 12.7. The van der Waals surface area contributed by atoms with Gasteiger partial charge in [0.15, 0.2) is 0 Å². The third kappa shape index (κ3) is 4.10. The molecule has 2 atom stereocenters. The van der Waals surface area contributed by atoms with Gasteiger partial charge in [0.25, 0.3) is 0 Å². The van der Waals surface area contributed by atoms with Crippen LogP contribution in [0.4, 0.5) is 0 Å². The van der Waals surface area contributed by atoms with Crippen molar-refractivity contribution in [3.8, 4) is 0 Å². The number of fused-ring (bicyclic) bond motifs is 1. The first-order valence-electron chi connectivity index (χ1n) is 10.1. The predicted molar refractivity (Wildman–Crippen MR) is 103 cm³/mol. The normalized spacial score (nSPS) is 22.4. The van der Waals surface area contributed by atoms with E-state index in [-0.39, 0.29) is 17.9 Å². The Hall–Kier alpha value is -2.64. The summed E-state index contributed by atoms with van der Waals surface area (Å²) >= 11 is 0. The van der Waals surface area contributed by atoms with E-state index in [1.807, 2.05) is 35.4 Å². The number of carbonyl (C=O) groups is 2. The lowest BCUT2D eigenvalue weighted by Crippen LogP contribution is -2.57. The number of hydrogen-bond donors (Lipinski definition) is 1. The van der Waals surface area contributed by atoms with Crippen molar-refractivity contribution in [3.63, 3.8) is 0 Å². The van der Waals surface area contributed by atoms with Crippen LogP contribution >= 0.6 is 0 Å². The number of aryl methyl sites for hydroxylation is 2. The van der Waals surface area contributed by atoms with Gasteiger partial charge in [-0.25, -0.2) is 4.98 Å². The number of nitrogens with one attached hydrogen (secondary N) is 1. The molecule has 0 bridgehead atoms. The van der Waals surface area contributed by atoms with Crippen molar-refractivity contribution in [3.05, 3.63) is 36.2 Å². The van der Waals surface area contributed by atoms with Gasteiger partial charge in [0.2, 0.25) is 11.8 Å². The fourth-order valence-corrected chi connectivity index (χ4v) is 4.54. The lowest BCUT2D eigenvalue weighted by Gasteiger charge is -2.47. The number of rotatable bonds is 6. The molecule has 2 aromatic heterocycles. The Morgan fingerprint density at radius 3 is 2.93 bits per heavy atom. The molecule has 4 heterocycles. The molecule has 1 N–H and O–H groups in total. The summed E-state index contributed by atoms with van der Waals surface area (Å²) in [6.07, 6.45) is 11.7. The summed E-state index contributed by atoms with van der Waals surface area (Å²) in [7, 11) is 1.89. The molecular formula is C20H28N6O2. The van der Waals surface area contributed by atoms with Gasteiger partial charge < -0.3 is 14.8 Å². The average molecular weight is 384 g/mol. The Balaban J connectivity index is 1.31. The number of likely N-dealkylation sites (tertiary alicyclic amines) is 2. The van der Waals surface area contributed by atoms with Gasteiger partial charge in [-0.3, -0.25) is 14.3 Å². The predicted octanol–water partition coefficient (Wildman–Crippen LogP) is 1.16. The minimum Gasteiger partial charge on any atom is -0.348 e. The highest BCUT2D eigenvalue weighted by molar-refractivity contribution is 5.78. The number of H-pyrrole nitrogens is 1. The Morgan fingerprint density at radius 1 is 1.29 bits per heavy atom. The Morgan fingerprint density at radius 2 is 2.18 bits per heavy atom. The molecule has 8 heteroatoms. The molecule has 2 aliphatic rings. The molecule has 0 radical (unpaired) electrons. The van der Waals surface area contributed by atoms with Gasteiger partial charge in [-0.2, -0.15) is 5.10 Å². The molecule has 28 heavy (non-hydrogen) atoms. The molecule has 0 unspecified atom stereocenters. The van der Waals surface area contributed by atoms with Gasteiger partial charge in [0.1, 0.15) is 0 Å². The van der Waals surface area contributed by atoms with Crippen molar-refractivity contribution in [2.45, 2.75) is 44.6 Å². The van der Waals surface area contributed by atoms with Crippen LogP contribution in [0.1, 0.15) is 36.9 Å². The molecule has 2 aromatic rings. The lowest BCUT2D eigenvalue weighted by atomic mass is 9.83. The standard InChI is InChI=1S/C20H28N6O2/c1-24-12-15(10-23-24)2-4-19(27)25-8-7-18-16(13-25)3-5-20(28)26(18)9-6-17-11-21-14-22-17/h10-12,14,16,18H,2-9,13H2,1H3,(H,21,22)/t16-,18+/m0/s1. The van der Waals surface area contributed by atoms with Crippen LogP contribution in [0.3, 0.4) is 0 Å². The van der Waals surface area contributed by atoms with E-state index in [1.54, 1.807) is 11.0 Å². The zero-order valence-electron chi connectivity index (χ0n) is 16.4. The second-order valence-electron chi connectivity index (χ2n) is 7.93. The van der Waals surface area contributed by atoms with Gasteiger partial charge >= 0.3 is 0 Å². The fraction of sp³-hybridized carbons (Fsp3) is 0.600. The van der Waals surface area contributed by atoms with Crippen LogP contribution < -0.4 is 0 Å². The zero-order valence-corrected chi connectivity index (χ0v) is 16.4. The number of aromatic nitrogens is 4. The third-order valence-corrected chi connectivity index (χ3v) is 6.06. The van der Waals surface area contributed by atoms with Crippen molar-refractivity contribution < 1.29 is 9.59 Å². The van der Waals surface area contributed by atoms with E-state index in [1.165, 1.54) is 0 Å². The lowest BCUT2D eigenvalue weighted by molar-refractivity contribution is -0.144. The zero-order chi connectivity index (χ0) is 19.5. The summed E-state index contributed by atoms with van der Waals surface area (Å²) < 4.78 is 1.77. The highest BCUT2D eigenvalue weighted by Gasteiger charge is 2.39. The minimum absolute atomic E-state index is 0.211. The summed E-state index contributed by atoms with van der Waals surface area (Å²) in [5, 5.41) is 4.16. The quantitative estimate of drug-likeness (QED) is 0.810. The number of carbonyl (C=O) groups excluding carboxylic acids is 2. The van der Waals surface area contributed by atoms with E-state index in [9.17, 15) is 9.59 Å². The van der Waals surface area contributed by atoms with E-state index in [4.69, 9.17) is 0 Å². The molecule has 0 aromatic carbocycles. The van der Waals surface area contributed by atoms with Crippen LogP contribution in [-0.4, -0.2) is 67.0 Å². The van der Waals surface area contributed by atoms with Crippen LogP contribution in [0.5, 0.6) is 0 Å². The molecule has 8 nitrogen and oxygen atoms in total. The number of imidazole rings is 1. The molecule has 2 aliphatic heterocycles. The molecule has 4 rings (SSSR count). The van der Waals surface area contributed by atoms with Gasteiger partial charge in [-0.15, -0.1) is 0 Å². The highest BCUT2D eigenvalue weighted by atomic mass is 16.2. The molecule has 150 valence electrons. The summed E-state index contributed by atoms with van der Waals surface area (Å²) in [6.45, 7) is 2.22. The highest BCUT2D eigenvalue weighted by Crippen LogP contribution is 2.31. The number of hydrogen-bond acceptors (Lipinski definition) is 4. The Labute approximate surface area is 164 Å². The number of piperidine rings is 2. The summed E-state index contributed by atoms with van der Waals surface area (Å²) in [4.78, 5) is 36.4. The van der Waals surface area contributed by atoms with E-state index in [2.05, 4.69) is 15.1 Å². The van der Waals surface area contributed by atoms with E-state index in [0.717, 1.165) is 56.6 Å². The fourth-order valence-electron chi connectivity index (χ4n) is 4.54. The van der Waals surface area contributed by atoms with Crippen molar-refractivity contribution in [2.24, 2.45) is 13.0 Å². The molecule has 0 spiro atoms. The van der Waals surface area contributed by atoms with E-state index in [0.29, 0.717) is 18.8 Å². The second-order valence-corrected chi connectivity index (χ2v) is 7.93. The summed E-state index contributed by atoms with van der Waals surface area (Å²) in [5.74, 6) is 0.843. The molecule has 2 fully saturated rings. The van der Waals surface area contributed by atoms with Crippen LogP contribution in [0, 0.1) is 5.92 Å². The summed E-state index contributed by atoms with van der Waals surface area (Å²) in [6, 6.07) is 0.256. The number of aromatic amines is 1.